The Balaban J connectivity index is 1.76. The highest BCUT2D eigenvalue weighted by Gasteiger charge is 2.15. The molecule has 0 saturated carbocycles. The zero-order chi connectivity index (χ0) is 16.8. The largest absolute Gasteiger partial charge is 0.441 e. The van der Waals surface area contributed by atoms with Crippen LogP contribution in [-0.2, 0) is 20.8 Å². The number of carbonyl (C=O) groups excluding carboxylic acids is 3. The molecule has 122 valence electrons. The van der Waals surface area contributed by atoms with E-state index >= 15 is 0 Å². The van der Waals surface area contributed by atoms with Gasteiger partial charge in [0.1, 0.15) is 5.52 Å². The van der Waals surface area contributed by atoms with Crippen LogP contribution in [0.3, 0.4) is 0 Å². The summed E-state index contributed by atoms with van der Waals surface area (Å²) in [5, 5.41) is 2.41. The van der Waals surface area contributed by atoms with E-state index in [-0.39, 0.29) is 18.9 Å². The normalized spacial score (nSPS) is 10.6. The molecule has 0 unspecified atom stereocenters. The van der Waals surface area contributed by atoms with Crippen molar-refractivity contribution >= 4 is 28.8 Å². The summed E-state index contributed by atoms with van der Waals surface area (Å²) in [6, 6.07) is 7.12. The lowest BCUT2D eigenvalue weighted by molar-refractivity contribution is -0.141. The molecule has 0 aliphatic carbocycles. The van der Waals surface area contributed by atoms with Crippen molar-refractivity contribution in [2.45, 2.75) is 32.7 Å². The number of aromatic nitrogens is 1. The van der Waals surface area contributed by atoms with Crippen LogP contribution in [0, 0.1) is 0 Å². The molecule has 0 aliphatic rings. The van der Waals surface area contributed by atoms with E-state index in [4.69, 9.17) is 4.42 Å². The third-order valence-electron chi connectivity index (χ3n) is 2.85. The van der Waals surface area contributed by atoms with E-state index in [0.29, 0.717) is 11.5 Å². The molecule has 0 radical (unpaired) electrons. The summed E-state index contributed by atoms with van der Waals surface area (Å²) in [4.78, 5) is 38.6. The number of hydrazine groups is 1. The van der Waals surface area contributed by atoms with Crippen molar-refractivity contribution in [2.24, 2.45) is 0 Å². The average Bonchev–Trinajstić information content (AvgIpc) is 2.92. The Morgan fingerprint density at radius 3 is 2.57 bits per heavy atom. The third kappa shape index (κ3) is 4.80. The van der Waals surface area contributed by atoms with Crippen LogP contribution < -0.4 is 16.2 Å². The average molecular weight is 318 g/mol. The van der Waals surface area contributed by atoms with Gasteiger partial charge in [-0.25, -0.2) is 4.98 Å². The first kappa shape index (κ1) is 16.5. The van der Waals surface area contributed by atoms with Gasteiger partial charge < -0.3 is 9.73 Å². The molecule has 0 spiro atoms. The van der Waals surface area contributed by atoms with Crippen LogP contribution in [0.1, 0.15) is 26.2 Å². The number of oxazole rings is 1. The first-order chi connectivity index (χ1) is 11.0. The number of hydrogen-bond donors (Lipinski definition) is 3. The first-order valence-electron chi connectivity index (χ1n) is 7.20. The Kier molecular flexibility index (Phi) is 5.29. The van der Waals surface area contributed by atoms with Gasteiger partial charge in [-0.1, -0.05) is 12.1 Å². The Morgan fingerprint density at radius 2 is 1.87 bits per heavy atom. The van der Waals surface area contributed by atoms with Crippen LogP contribution in [0.5, 0.6) is 0 Å². The van der Waals surface area contributed by atoms with Crippen LogP contribution >= 0.6 is 0 Å². The smallest absolute Gasteiger partial charge is 0.327 e. The summed E-state index contributed by atoms with van der Waals surface area (Å²) in [5.74, 6) is -1.74. The van der Waals surface area contributed by atoms with Gasteiger partial charge in [0.2, 0.25) is 5.91 Å². The van der Waals surface area contributed by atoms with Gasteiger partial charge in [0.25, 0.3) is 0 Å². The van der Waals surface area contributed by atoms with E-state index in [1.165, 1.54) is 0 Å². The van der Waals surface area contributed by atoms with E-state index in [1.807, 2.05) is 23.6 Å². The second-order valence-electron chi connectivity index (χ2n) is 5.21. The predicted molar refractivity (Wildman–Crippen MR) is 81.9 cm³/mol. The van der Waals surface area contributed by atoms with Crippen LogP contribution in [-0.4, -0.2) is 28.7 Å². The molecule has 8 heteroatoms. The Morgan fingerprint density at radius 1 is 1.13 bits per heavy atom. The van der Waals surface area contributed by atoms with Crippen molar-refractivity contribution in [1.82, 2.24) is 21.2 Å². The lowest BCUT2D eigenvalue weighted by atomic mass is 10.3. The number of aryl methyl sites for hydroxylation is 1. The fourth-order valence-electron chi connectivity index (χ4n) is 1.82. The molecule has 23 heavy (non-hydrogen) atoms. The molecule has 0 bridgehead atoms. The maximum absolute atomic E-state index is 11.7. The highest BCUT2D eigenvalue weighted by molar-refractivity contribution is 6.35. The standard InChI is InChI=1S/C15H18N4O4/c1-9(2)16-14(21)15(22)19-18-12(20)7-8-13-17-10-5-3-4-6-11(10)23-13/h3-6,9H,7-8H2,1-2H3,(H,16,21)(H,18,20)(H,19,22). The number of amides is 3. The zero-order valence-corrected chi connectivity index (χ0v) is 12.9. The van der Waals surface area contributed by atoms with E-state index in [0.717, 1.165) is 5.52 Å². The SMILES string of the molecule is CC(C)NC(=O)C(=O)NNC(=O)CCc1nc2ccccc2o1. The molecule has 3 N–H and O–H groups in total. The van der Waals surface area contributed by atoms with Gasteiger partial charge >= 0.3 is 11.8 Å². The maximum atomic E-state index is 11.7. The van der Waals surface area contributed by atoms with Crippen molar-refractivity contribution in [3.05, 3.63) is 30.2 Å². The van der Waals surface area contributed by atoms with E-state index in [2.05, 4.69) is 15.7 Å². The second-order valence-corrected chi connectivity index (χ2v) is 5.21. The fourth-order valence-corrected chi connectivity index (χ4v) is 1.82. The van der Waals surface area contributed by atoms with Gasteiger partial charge in [0, 0.05) is 18.9 Å². The van der Waals surface area contributed by atoms with Crippen molar-refractivity contribution < 1.29 is 18.8 Å². The van der Waals surface area contributed by atoms with Gasteiger partial charge in [-0.2, -0.15) is 0 Å². The van der Waals surface area contributed by atoms with Crippen LogP contribution in [0.15, 0.2) is 28.7 Å². The summed E-state index contributed by atoms with van der Waals surface area (Å²) in [7, 11) is 0. The molecule has 3 amide bonds. The highest BCUT2D eigenvalue weighted by atomic mass is 16.3. The molecular weight excluding hydrogens is 300 g/mol. The Bertz CT molecular complexity index is 690. The minimum Gasteiger partial charge on any atom is -0.441 e. The lowest BCUT2D eigenvalue weighted by Gasteiger charge is -2.09. The number of nitrogens with one attached hydrogen (secondary N) is 3. The van der Waals surface area contributed by atoms with Crippen LogP contribution in [0.2, 0.25) is 0 Å². The molecular formula is C15H18N4O4. The summed E-state index contributed by atoms with van der Waals surface area (Å²) < 4.78 is 5.48. The fraction of sp³-hybridized carbons (Fsp3) is 0.333. The van der Waals surface area contributed by atoms with Gasteiger partial charge in [0.15, 0.2) is 11.5 Å². The Labute approximate surface area is 132 Å². The van der Waals surface area contributed by atoms with E-state index in [9.17, 15) is 14.4 Å². The summed E-state index contributed by atoms with van der Waals surface area (Å²) >= 11 is 0. The minimum absolute atomic E-state index is 0.0684. The number of carbonyl (C=O) groups is 3. The number of para-hydroxylation sites is 2. The molecule has 0 saturated heterocycles. The van der Waals surface area contributed by atoms with Gasteiger partial charge in [-0.05, 0) is 26.0 Å². The number of hydrogen-bond acceptors (Lipinski definition) is 5. The second kappa shape index (κ2) is 7.39. The number of rotatable bonds is 4. The number of fused-ring (bicyclic) bond motifs is 1. The molecule has 1 aromatic carbocycles. The lowest BCUT2D eigenvalue weighted by Crippen LogP contribution is -2.49. The highest BCUT2D eigenvalue weighted by Crippen LogP contribution is 2.15. The number of benzene rings is 1. The van der Waals surface area contributed by atoms with Crippen LogP contribution in [0.25, 0.3) is 11.1 Å². The quantitative estimate of drug-likeness (QED) is 0.559. The topological polar surface area (TPSA) is 113 Å². The first-order valence-corrected chi connectivity index (χ1v) is 7.20. The maximum Gasteiger partial charge on any atom is 0.327 e. The van der Waals surface area contributed by atoms with Crippen molar-refractivity contribution in [3.8, 4) is 0 Å². The minimum atomic E-state index is -0.922. The van der Waals surface area contributed by atoms with Gasteiger partial charge in [-0.15, -0.1) is 0 Å². The molecule has 1 aromatic heterocycles. The molecule has 0 atom stereocenters. The van der Waals surface area contributed by atoms with Gasteiger partial charge in [-0.3, -0.25) is 25.2 Å². The molecule has 0 fully saturated rings. The van der Waals surface area contributed by atoms with Crippen molar-refractivity contribution in [2.75, 3.05) is 0 Å². The molecule has 2 aromatic rings. The van der Waals surface area contributed by atoms with Crippen LogP contribution in [0.4, 0.5) is 0 Å². The predicted octanol–water partition coefficient (Wildman–Crippen LogP) is 0.432. The van der Waals surface area contributed by atoms with E-state index in [1.54, 1.807) is 19.9 Å². The van der Waals surface area contributed by atoms with Crippen molar-refractivity contribution in [3.63, 3.8) is 0 Å². The summed E-state index contributed by atoms with van der Waals surface area (Å²) in [6.45, 7) is 3.45. The zero-order valence-electron chi connectivity index (χ0n) is 12.9. The summed E-state index contributed by atoms with van der Waals surface area (Å²) in [6.07, 6.45) is 0.355. The Hall–Kier alpha value is -2.90. The molecule has 2 rings (SSSR count). The third-order valence-corrected chi connectivity index (χ3v) is 2.85. The van der Waals surface area contributed by atoms with Crippen molar-refractivity contribution in [1.29, 1.82) is 0 Å². The van der Waals surface area contributed by atoms with Gasteiger partial charge in [0.05, 0.1) is 0 Å². The monoisotopic (exact) mass is 318 g/mol. The molecule has 0 aliphatic heterocycles. The molecule has 8 nitrogen and oxygen atoms in total. The number of nitrogens with zero attached hydrogens (tertiary/aromatic N) is 1. The van der Waals surface area contributed by atoms with E-state index < -0.39 is 17.7 Å². The molecule has 1 heterocycles. The summed E-state index contributed by atoms with van der Waals surface area (Å²) in [5.41, 5.74) is 5.60.